The van der Waals surface area contributed by atoms with Crippen molar-refractivity contribution in [3.8, 4) is 44.8 Å². The second kappa shape index (κ2) is 11.5. The molecule has 0 fully saturated rings. The maximum absolute atomic E-state index is 2.48. The molecule has 0 radical (unpaired) electrons. The lowest BCUT2D eigenvalue weighted by atomic mass is 9.92. The van der Waals surface area contributed by atoms with E-state index in [1.165, 1.54) is 82.7 Å². The van der Waals surface area contributed by atoms with Crippen LogP contribution in [0, 0.1) is 0 Å². The molecule has 0 aliphatic rings. The van der Waals surface area contributed by atoms with Crippen molar-refractivity contribution in [3.63, 3.8) is 0 Å². The molecule has 0 spiro atoms. The molecule has 0 saturated carbocycles. The monoisotopic (exact) mass is 636 g/mol. The third-order valence-corrected chi connectivity index (χ3v) is 10.1. The van der Waals surface area contributed by atoms with Crippen molar-refractivity contribution >= 4 is 43.6 Å². The Morgan fingerprint density at radius 3 is 1.16 bits per heavy atom. The van der Waals surface area contributed by atoms with Gasteiger partial charge in [-0.3, -0.25) is 0 Å². The first-order chi connectivity index (χ1) is 24.8. The van der Waals surface area contributed by atoms with E-state index in [1.54, 1.807) is 0 Å². The van der Waals surface area contributed by atoms with Crippen LogP contribution in [0.4, 0.5) is 0 Å². The fourth-order valence-corrected chi connectivity index (χ4v) is 7.96. The summed E-state index contributed by atoms with van der Waals surface area (Å²) in [5.74, 6) is 0. The van der Waals surface area contributed by atoms with E-state index in [-0.39, 0.29) is 0 Å². The first-order valence-electron chi connectivity index (χ1n) is 17.2. The summed E-state index contributed by atoms with van der Waals surface area (Å²) in [6, 6.07) is 70.5. The Hall–Kier alpha value is -6.64. The number of nitrogens with zero attached hydrogens (tertiary/aromatic N) is 2. The summed E-state index contributed by atoms with van der Waals surface area (Å²) in [4.78, 5) is 0. The van der Waals surface area contributed by atoms with Gasteiger partial charge in [-0.15, -0.1) is 0 Å². The second-order valence-corrected chi connectivity index (χ2v) is 12.9. The Morgan fingerprint density at radius 2 is 0.660 bits per heavy atom. The molecule has 0 N–H and O–H groups in total. The molecule has 10 rings (SSSR count). The fraction of sp³-hybridized carbons (Fsp3) is 0. The van der Waals surface area contributed by atoms with Crippen LogP contribution < -0.4 is 0 Å². The zero-order chi connectivity index (χ0) is 33.0. The molecule has 0 atom stereocenters. The number of aromatic nitrogens is 2. The van der Waals surface area contributed by atoms with Gasteiger partial charge in [0.2, 0.25) is 0 Å². The van der Waals surface area contributed by atoms with Gasteiger partial charge < -0.3 is 9.13 Å². The Kier molecular flexibility index (Phi) is 6.53. The van der Waals surface area contributed by atoms with Crippen LogP contribution in [0.25, 0.3) is 88.4 Å². The van der Waals surface area contributed by atoms with E-state index in [0.29, 0.717) is 0 Å². The minimum Gasteiger partial charge on any atom is -0.309 e. The molecule has 0 unspecified atom stereocenters. The predicted octanol–water partition coefficient (Wildman–Crippen LogP) is 12.9. The molecule has 0 aliphatic heterocycles. The van der Waals surface area contributed by atoms with Crippen LogP contribution in [0.3, 0.4) is 0 Å². The zero-order valence-corrected chi connectivity index (χ0v) is 27.4. The molecule has 0 saturated heterocycles. The van der Waals surface area contributed by atoms with Gasteiger partial charge in [-0.25, -0.2) is 0 Å². The van der Waals surface area contributed by atoms with Crippen molar-refractivity contribution in [3.05, 3.63) is 194 Å². The van der Waals surface area contributed by atoms with Crippen LogP contribution in [0.2, 0.25) is 0 Å². The number of benzene rings is 8. The fourth-order valence-electron chi connectivity index (χ4n) is 7.96. The van der Waals surface area contributed by atoms with Crippen LogP contribution in [0.15, 0.2) is 194 Å². The quantitative estimate of drug-likeness (QED) is 0.178. The molecule has 8 aromatic carbocycles. The Morgan fingerprint density at radius 1 is 0.260 bits per heavy atom. The highest BCUT2D eigenvalue weighted by atomic mass is 15.0. The minimum absolute atomic E-state index is 1.16. The molecule has 2 heterocycles. The summed E-state index contributed by atoms with van der Waals surface area (Å²) >= 11 is 0. The zero-order valence-electron chi connectivity index (χ0n) is 27.4. The topological polar surface area (TPSA) is 9.86 Å². The summed E-state index contributed by atoms with van der Waals surface area (Å²) in [5, 5.41) is 5.03. The van der Waals surface area contributed by atoms with Gasteiger partial charge in [0.1, 0.15) is 0 Å². The third-order valence-electron chi connectivity index (χ3n) is 10.1. The van der Waals surface area contributed by atoms with Gasteiger partial charge in [0.05, 0.1) is 33.4 Å². The largest absolute Gasteiger partial charge is 0.309 e. The maximum atomic E-state index is 2.48. The van der Waals surface area contributed by atoms with E-state index < -0.39 is 0 Å². The van der Waals surface area contributed by atoms with Crippen molar-refractivity contribution in [1.29, 1.82) is 0 Å². The van der Waals surface area contributed by atoms with Crippen LogP contribution in [0.1, 0.15) is 0 Å². The van der Waals surface area contributed by atoms with E-state index in [4.69, 9.17) is 0 Å². The SMILES string of the molecule is c1ccc(-c2cc(-c3cccc(-c4ccccc4)c3-n3c4ccccc4c4ccccc43)ccc2-n2c3ccccc3c3ccccc32)cc1. The van der Waals surface area contributed by atoms with Crippen LogP contribution >= 0.6 is 0 Å². The molecule has 2 aromatic heterocycles. The Bertz CT molecular complexity index is 2750. The van der Waals surface area contributed by atoms with Gasteiger partial charge in [0.25, 0.3) is 0 Å². The van der Waals surface area contributed by atoms with Crippen molar-refractivity contribution in [2.45, 2.75) is 0 Å². The van der Waals surface area contributed by atoms with Crippen LogP contribution in [-0.2, 0) is 0 Å². The van der Waals surface area contributed by atoms with Crippen molar-refractivity contribution in [2.75, 3.05) is 0 Å². The lowest BCUT2D eigenvalue weighted by molar-refractivity contribution is 1.17. The van der Waals surface area contributed by atoms with Gasteiger partial charge in [0.15, 0.2) is 0 Å². The third kappa shape index (κ3) is 4.36. The van der Waals surface area contributed by atoms with Crippen LogP contribution in [0.5, 0.6) is 0 Å². The van der Waals surface area contributed by atoms with E-state index >= 15 is 0 Å². The van der Waals surface area contributed by atoms with Gasteiger partial charge in [-0.2, -0.15) is 0 Å². The van der Waals surface area contributed by atoms with E-state index in [9.17, 15) is 0 Å². The van der Waals surface area contributed by atoms with E-state index in [0.717, 1.165) is 5.69 Å². The highest BCUT2D eigenvalue weighted by Gasteiger charge is 2.21. The average molecular weight is 637 g/mol. The lowest BCUT2D eigenvalue weighted by Crippen LogP contribution is -2.02. The summed E-state index contributed by atoms with van der Waals surface area (Å²) in [5.41, 5.74) is 14.3. The summed E-state index contributed by atoms with van der Waals surface area (Å²) < 4.78 is 4.91. The van der Waals surface area contributed by atoms with E-state index in [2.05, 4.69) is 203 Å². The van der Waals surface area contributed by atoms with E-state index in [1.807, 2.05) is 0 Å². The van der Waals surface area contributed by atoms with Gasteiger partial charge >= 0.3 is 0 Å². The molecule has 234 valence electrons. The summed E-state index contributed by atoms with van der Waals surface area (Å²) in [7, 11) is 0. The second-order valence-electron chi connectivity index (χ2n) is 12.9. The highest BCUT2D eigenvalue weighted by molar-refractivity contribution is 6.11. The van der Waals surface area contributed by atoms with Gasteiger partial charge in [-0.05, 0) is 53.1 Å². The molecule has 0 amide bonds. The Labute approximate surface area is 290 Å². The molecular weight excluding hydrogens is 605 g/mol. The standard InChI is InChI=1S/C48H32N2/c1-3-16-33(17-4-1)36-24-15-25-37(48(36)50-45-28-13-9-22-40(45)41-23-10-14-29-46(41)50)35-30-31-47(42(32-35)34-18-5-2-6-19-34)49-43-26-11-7-20-38(43)39-21-8-12-27-44(39)49/h1-32H. The van der Waals surface area contributed by atoms with Crippen molar-refractivity contribution in [1.82, 2.24) is 9.13 Å². The normalized spacial score (nSPS) is 11.6. The first kappa shape index (κ1) is 28.4. The number of hydrogen-bond acceptors (Lipinski definition) is 0. The Balaban J connectivity index is 1.30. The molecular formula is C48H32N2. The average Bonchev–Trinajstić information content (AvgIpc) is 3.71. The number of fused-ring (bicyclic) bond motifs is 6. The van der Waals surface area contributed by atoms with Crippen molar-refractivity contribution < 1.29 is 0 Å². The molecule has 10 aromatic rings. The first-order valence-corrected chi connectivity index (χ1v) is 17.2. The molecule has 2 heteroatoms. The molecule has 50 heavy (non-hydrogen) atoms. The highest BCUT2D eigenvalue weighted by Crippen LogP contribution is 2.43. The summed E-state index contributed by atoms with van der Waals surface area (Å²) in [6.07, 6.45) is 0. The van der Waals surface area contributed by atoms with Gasteiger partial charge in [0, 0.05) is 38.2 Å². The van der Waals surface area contributed by atoms with Crippen molar-refractivity contribution in [2.24, 2.45) is 0 Å². The smallest absolute Gasteiger partial charge is 0.0618 e. The molecule has 0 bridgehead atoms. The number of para-hydroxylation sites is 5. The predicted molar refractivity (Wildman–Crippen MR) is 211 cm³/mol. The van der Waals surface area contributed by atoms with Gasteiger partial charge in [-0.1, -0.05) is 158 Å². The maximum Gasteiger partial charge on any atom is 0.0618 e. The number of hydrogen-bond donors (Lipinski definition) is 0. The molecule has 0 aliphatic carbocycles. The minimum atomic E-state index is 1.16. The molecule has 2 nitrogen and oxygen atoms in total. The summed E-state index contributed by atoms with van der Waals surface area (Å²) in [6.45, 7) is 0. The number of rotatable bonds is 5. The lowest BCUT2D eigenvalue weighted by Gasteiger charge is -2.21. The van der Waals surface area contributed by atoms with Crippen LogP contribution in [-0.4, -0.2) is 9.13 Å².